The van der Waals surface area contributed by atoms with E-state index < -0.39 is 14.8 Å². The maximum atomic E-state index is 11.0. The SMILES string of the molecule is C=C(C)c1ccc(N)c([N+](=O)[O-])c1.CN(C)Nc1ccc(N)c(N)c1.CN(C)Nc1ccc([N+](=O)[O-])c(N)c1.CN(C)Nc1ccc2nc(-c3ccc(N)c([N+](=O)[O-])c3)[nH]c2c1. The number of nitrogens with two attached hydrogens (primary N) is 5. The van der Waals surface area contributed by atoms with Crippen LogP contribution < -0.4 is 44.9 Å². The number of hydrazine groups is 3. The van der Waals surface area contributed by atoms with Crippen LogP contribution in [0.2, 0.25) is 0 Å². The van der Waals surface area contributed by atoms with E-state index in [1.54, 1.807) is 42.3 Å². The zero-order chi connectivity index (χ0) is 46.4. The van der Waals surface area contributed by atoms with Gasteiger partial charge in [0.15, 0.2) is 0 Å². The normalized spacial score (nSPS) is 10.4. The third-order valence-electron chi connectivity index (χ3n) is 8.07. The van der Waals surface area contributed by atoms with Gasteiger partial charge in [-0.1, -0.05) is 18.2 Å². The molecule has 0 bridgehead atoms. The quantitative estimate of drug-likeness (QED) is 0.0375. The summed E-state index contributed by atoms with van der Waals surface area (Å²) in [7, 11) is 11.3. The zero-order valence-corrected chi connectivity index (χ0v) is 35.3. The van der Waals surface area contributed by atoms with E-state index in [2.05, 4.69) is 32.8 Å². The maximum absolute atomic E-state index is 11.0. The van der Waals surface area contributed by atoms with Crippen molar-refractivity contribution in [2.45, 2.75) is 6.92 Å². The van der Waals surface area contributed by atoms with Crippen LogP contribution in [-0.4, -0.2) is 82.1 Å². The van der Waals surface area contributed by atoms with Gasteiger partial charge in [0.05, 0.1) is 54.2 Å². The number of aromatic nitrogens is 2. The van der Waals surface area contributed by atoms with Gasteiger partial charge < -0.3 is 49.9 Å². The predicted octanol–water partition coefficient (Wildman–Crippen LogP) is 6.62. The van der Waals surface area contributed by atoms with Gasteiger partial charge in [-0.15, -0.1) is 0 Å². The molecule has 0 fully saturated rings. The number of imidazole rings is 1. The highest BCUT2D eigenvalue weighted by Gasteiger charge is 2.16. The molecule has 1 heterocycles. The summed E-state index contributed by atoms with van der Waals surface area (Å²) in [6.45, 7) is 5.48. The molecule has 0 spiro atoms. The number of nitro groups is 3. The molecule has 0 aliphatic heterocycles. The van der Waals surface area contributed by atoms with E-state index in [9.17, 15) is 30.3 Å². The minimum atomic E-state index is -0.505. The van der Waals surface area contributed by atoms with Crippen molar-refractivity contribution < 1.29 is 14.8 Å². The smallest absolute Gasteiger partial charge is 0.292 e. The summed E-state index contributed by atoms with van der Waals surface area (Å²) in [5.41, 5.74) is 44.6. The predicted molar refractivity (Wildman–Crippen MR) is 250 cm³/mol. The lowest BCUT2D eigenvalue weighted by molar-refractivity contribution is -0.384. The fraction of sp³-hybridized carbons (Fsp3) is 0.175. The van der Waals surface area contributed by atoms with Gasteiger partial charge in [0.1, 0.15) is 22.9 Å². The Morgan fingerprint density at radius 2 is 1.02 bits per heavy atom. The van der Waals surface area contributed by atoms with Crippen molar-refractivity contribution >= 4 is 79.2 Å². The van der Waals surface area contributed by atoms with Crippen molar-refractivity contribution in [1.29, 1.82) is 0 Å². The second kappa shape index (κ2) is 21.7. The molecule has 62 heavy (non-hydrogen) atoms. The van der Waals surface area contributed by atoms with Crippen molar-refractivity contribution in [3.63, 3.8) is 0 Å². The summed E-state index contributed by atoms with van der Waals surface area (Å²) in [5.74, 6) is 0.560. The molecule has 6 rings (SSSR count). The summed E-state index contributed by atoms with van der Waals surface area (Å²) in [5, 5.41) is 37.3. The summed E-state index contributed by atoms with van der Waals surface area (Å²) in [6, 6.07) is 25.0. The number of H-pyrrole nitrogens is 1. The summed E-state index contributed by atoms with van der Waals surface area (Å²) in [6.07, 6.45) is 0. The molecule has 0 radical (unpaired) electrons. The van der Waals surface area contributed by atoms with Gasteiger partial charge in [-0.25, -0.2) is 20.0 Å². The van der Waals surface area contributed by atoms with E-state index in [1.807, 2.05) is 76.6 Å². The number of nitrogens with one attached hydrogen (secondary N) is 4. The van der Waals surface area contributed by atoms with E-state index in [-0.39, 0.29) is 34.1 Å². The van der Waals surface area contributed by atoms with Crippen molar-refractivity contribution in [1.82, 2.24) is 25.0 Å². The Labute approximate surface area is 357 Å². The topological polar surface area (TPSA) is 334 Å². The van der Waals surface area contributed by atoms with Crippen LogP contribution in [0.5, 0.6) is 0 Å². The Hall–Kier alpha value is -8.21. The lowest BCUT2D eigenvalue weighted by Gasteiger charge is -2.14. The molecule has 5 aromatic carbocycles. The van der Waals surface area contributed by atoms with Crippen LogP contribution in [0.15, 0.2) is 97.6 Å². The van der Waals surface area contributed by atoms with Crippen LogP contribution in [0.4, 0.5) is 62.6 Å². The van der Waals surface area contributed by atoms with Gasteiger partial charge in [0.25, 0.3) is 17.1 Å². The fourth-order valence-electron chi connectivity index (χ4n) is 5.24. The molecular formula is C40H52N16O6. The van der Waals surface area contributed by atoms with E-state index in [0.29, 0.717) is 22.8 Å². The average Bonchev–Trinajstić information content (AvgIpc) is 3.60. The third-order valence-corrected chi connectivity index (χ3v) is 8.07. The Balaban J connectivity index is 0.000000230. The zero-order valence-electron chi connectivity index (χ0n) is 35.3. The molecule has 22 heteroatoms. The second-order valence-electron chi connectivity index (χ2n) is 14.1. The summed E-state index contributed by atoms with van der Waals surface area (Å²) in [4.78, 5) is 38.1. The standard InChI is InChI=1S/C15H16N6O2.C9H10N2O2.C8H12N4O2.C8H14N4/c1-20(2)19-10-4-6-12-13(8-10)18-15(17-12)9-3-5-11(16)14(7-9)21(22)23;1-6(2)7-3-4-8(10)9(5-7)11(12)13;1-11(2)10-6-3-4-8(12(13)14)7(9)5-6;1-12(2)11-6-3-4-7(9)8(10)5-6/h3-8,19H,16H2,1-2H3,(H,17,18);3-5H,1,10H2,2H3;3-5,10H,9H2,1-2H3;3-5,11H,9-10H2,1-2H3. The van der Waals surface area contributed by atoms with E-state index >= 15 is 0 Å². The number of hydrogen-bond donors (Lipinski definition) is 9. The molecular weight excluding hydrogens is 801 g/mol. The van der Waals surface area contributed by atoms with Gasteiger partial charge in [-0.3, -0.25) is 30.3 Å². The number of anilines is 8. The fourth-order valence-corrected chi connectivity index (χ4v) is 5.24. The maximum Gasteiger partial charge on any atom is 0.292 e. The molecule has 0 aliphatic carbocycles. The van der Waals surface area contributed by atoms with E-state index in [4.69, 9.17) is 28.7 Å². The molecule has 22 nitrogen and oxygen atoms in total. The number of nitrogen functional groups attached to an aromatic ring is 5. The number of nitrogens with zero attached hydrogens (tertiary/aromatic N) is 7. The van der Waals surface area contributed by atoms with Crippen LogP contribution in [0.25, 0.3) is 28.0 Å². The molecule has 328 valence electrons. The Morgan fingerprint density at radius 3 is 1.50 bits per heavy atom. The van der Waals surface area contributed by atoms with Gasteiger partial charge in [-0.2, -0.15) is 0 Å². The molecule has 0 saturated carbocycles. The largest absolute Gasteiger partial charge is 0.397 e. The van der Waals surface area contributed by atoms with Crippen molar-refractivity contribution in [3.05, 3.63) is 133 Å². The minimum absolute atomic E-state index is 0.0690. The van der Waals surface area contributed by atoms with Crippen molar-refractivity contribution in [2.75, 3.05) is 87.2 Å². The third kappa shape index (κ3) is 14.3. The molecule has 0 aliphatic rings. The van der Waals surface area contributed by atoms with E-state index in [0.717, 1.165) is 39.2 Å². The lowest BCUT2D eigenvalue weighted by Crippen LogP contribution is -2.19. The monoisotopic (exact) mass is 852 g/mol. The number of fused-ring (bicyclic) bond motifs is 1. The van der Waals surface area contributed by atoms with E-state index in [1.165, 1.54) is 36.4 Å². The van der Waals surface area contributed by atoms with Crippen LogP contribution in [0, 0.1) is 30.3 Å². The summed E-state index contributed by atoms with van der Waals surface area (Å²) >= 11 is 0. The lowest BCUT2D eigenvalue weighted by atomic mass is 10.1. The first kappa shape index (κ1) is 48.2. The van der Waals surface area contributed by atoms with Crippen LogP contribution in [0.3, 0.4) is 0 Å². The second-order valence-corrected chi connectivity index (χ2v) is 14.1. The Morgan fingerprint density at radius 1 is 0.565 bits per heavy atom. The minimum Gasteiger partial charge on any atom is -0.397 e. The Kier molecular flexibility index (Phi) is 16.9. The molecule has 6 aromatic rings. The molecule has 0 unspecified atom stereocenters. The van der Waals surface area contributed by atoms with Gasteiger partial charge in [-0.05, 0) is 79.2 Å². The first-order chi connectivity index (χ1) is 29.1. The summed E-state index contributed by atoms with van der Waals surface area (Å²) < 4.78 is 0. The highest BCUT2D eigenvalue weighted by molar-refractivity contribution is 5.83. The molecule has 14 N–H and O–H groups in total. The highest BCUT2D eigenvalue weighted by atomic mass is 16.6. The van der Waals surface area contributed by atoms with Gasteiger partial charge >= 0.3 is 0 Å². The molecule has 0 saturated heterocycles. The number of aromatic amines is 1. The highest BCUT2D eigenvalue weighted by Crippen LogP contribution is 2.30. The first-order valence-electron chi connectivity index (χ1n) is 18.3. The number of allylic oxidation sites excluding steroid dienone is 1. The first-order valence-corrected chi connectivity index (χ1v) is 18.3. The van der Waals surface area contributed by atoms with Gasteiger partial charge in [0, 0.05) is 66.0 Å². The van der Waals surface area contributed by atoms with Gasteiger partial charge in [0.2, 0.25) is 0 Å². The van der Waals surface area contributed by atoms with Crippen LogP contribution >= 0.6 is 0 Å². The molecule has 0 atom stereocenters. The molecule has 1 aromatic heterocycles. The Bertz CT molecular complexity index is 2540. The number of nitro benzene ring substituents is 3. The van der Waals surface area contributed by atoms with Crippen molar-refractivity contribution in [2.24, 2.45) is 0 Å². The average molecular weight is 853 g/mol. The van der Waals surface area contributed by atoms with Crippen molar-refractivity contribution in [3.8, 4) is 11.4 Å². The number of rotatable bonds is 11. The van der Waals surface area contributed by atoms with Crippen LogP contribution in [-0.2, 0) is 0 Å². The number of hydrogen-bond acceptors (Lipinski definition) is 18. The van der Waals surface area contributed by atoms with Crippen LogP contribution in [0.1, 0.15) is 12.5 Å². The molecule has 0 amide bonds. The number of benzene rings is 5.